The summed E-state index contributed by atoms with van der Waals surface area (Å²) >= 11 is 0. The van der Waals surface area contributed by atoms with Crippen LogP contribution in [0.25, 0.3) is 66.1 Å². The Labute approximate surface area is 326 Å². The highest BCUT2D eigenvalue weighted by molar-refractivity contribution is 7.01. The third-order valence-corrected chi connectivity index (χ3v) is 11.8. The molecule has 0 amide bonds. The summed E-state index contributed by atoms with van der Waals surface area (Å²) in [4.78, 5) is 4.76. The van der Waals surface area contributed by atoms with Crippen molar-refractivity contribution in [2.45, 2.75) is 0 Å². The number of hydrogen-bond donors (Lipinski definition) is 0. The van der Waals surface area contributed by atoms with Gasteiger partial charge in [-0.2, -0.15) is 0 Å². The van der Waals surface area contributed by atoms with E-state index in [0.29, 0.717) is 0 Å². The minimum atomic E-state index is -0.280. The van der Waals surface area contributed by atoms with Crippen LogP contribution in [0.4, 0.5) is 34.3 Å². The smallest absolute Gasteiger partial charge is 0.302 e. The van der Waals surface area contributed by atoms with Gasteiger partial charge in [-0.05, 0) is 83.3 Å². The molecule has 0 spiro atoms. The second-order valence-corrected chi connectivity index (χ2v) is 14.8. The van der Waals surface area contributed by atoms with Gasteiger partial charge in [0.05, 0.1) is 35.2 Å². The van der Waals surface area contributed by atoms with Crippen molar-refractivity contribution in [3.8, 4) is 22.3 Å². The summed E-state index contributed by atoms with van der Waals surface area (Å²) in [5.41, 5.74) is 15.8. The van der Waals surface area contributed by atoms with Crippen molar-refractivity contribution < 1.29 is 17.7 Å². The van der Waals surface area contributed by atoms with Crippen molar-refractivity contribution >= 4 is 101 Å². The normalized spacial score (nSPS) is 13.2. The van der Waals surface area contributed by atoms with Gasteiger partial charge in [0.1, 0.15) is 22.3 Å². The molecule has 4 aromatic heterocycles. The fourth-order valence-electron chi connectivity index (χ4n) is 9.53. The zero-order valence-electron chi connectivity index (χ0n) is 30.3. The second-order valence-electron chi connectivity index (χ2n) is 14.8. The van der Waals surface area contributed by atoms with Crippen molar-refractivity contribution in [1.29, 1.82) is 0 Å². The first-order chi connectivity index (χ1) is 28.3. The number of anilines is 6. The van der Waals surface area contributed by atoms with Crippen LogP contribution in [0.3, 0.4) is 0 Å². The van der Waals surface area contributed by atoms with E-state index in [0.717, 1.165) is 117 Å². The zero-order chi connectivity index (χ0) is 37.2. The summed E-state index contributed by atoms with van der Waals surface area (Å²) in [6, 6.07) is 57.2. The molecule has 6 heterocycles. The van der Waals surface area contributed by atoms with Crippen molar-refractivity contribution in [3.05, 3.63) is 176 Å². The number of benzene rings is 7. The molecule has 6 nitrogen and oxygen atoms in total. The van der Waals surface area contributed by atoms with Gasteiger partial charge in [0.2, 0.25) is 5.88 Å². The molecule has 0 fully saturated rings. The predicted molar refractivity (Wildman–Crippen MR) is 230 cm³/mol. The van der Waals surface area contributed by atoms with Crippen LogP contribution in [0.1, 0.15) is 0 Å². The van der Waals surface area contributed by atoms with Crippen LogP contribution in [0.5, 0.6) is 0 Å². The molecular weight excluding hydrogens is 703 g/mol. The molecule has 13 rings (SSSR count). The Morgan fingerprint density at radius 3 is 1.54 bits per heavy atom. The lowest BCUT2D eigenvalue weighted by atomic mass is 9.35. The maximum Gasteiger partial charge on any atom is 0.302 e. The fourth-order valence-corrected chi connectivity index (χ4v) is 9.53. The van der Waals surface area contributed by atoms with E-state index in [9.17, 15) is 0 Å². The first-order valence-corrected chi connectivity index (χ1v) is 19.2. The summed E-state index contributed by atoms with van der Waals surface area (Å²) in [7, 11) is 0. The molecule has 2 aliphatic rings. The highest BCUT2D eigenvalue weighted by Crippen LogP contribution is 2.53. The van der Waals surface area contributed by atoms with Gasteiger partial charge in [-0.15, -0.1) is 0 Å². The van der Waals surface area contributed by atoms with Gasteiger partial charge in [-0.25, -0.2) is 0 Å². The lowest BCUT2D eigenvalue weighted by Gasteiger charge is -2.41. The third-order valence-electron chi connectivity index (χ3n) is 11.8. The van der Waals surface area contributed by atoms with Gasteiger partial charge in [0, 0.05) is 49.5 Å². The Balaban J connectivity index is 1.20. The summed E-state index contributed by atoms with van der Waals surface area (Å²) in [5, 5.41) is 4.09. The first-order valence-electron chi connectivity index (χ1n) is 19.2. The molecule has 57 heavy (non-hydrogen) atoms. The summed E-state index contributed by atoms with van der Waals surface area (Å²) in [6.07, 6.45) is 3.56. The number of nitrogens with zero attached hydrogens (tertiary/aromatic N) is 2. The van der Waals surface area contributed by atoms with Crippen molar-refractivity contribution in [3.63, 3.8) is 0 Å². The minimum Gasteiger partial charge on any atom is -0.468 e. The summed E-state index contributed by atoms with van der Waals surface area (Å²) in [6.45, 7) is -0.280. The second kappa shape index (κ2) is 11.4. The van der Waals surface area contributed by atoms with Crippen LogP contribution in [-0.2, 0) is 0 Å². The molecule has 266 valence electrons. The Kier molecular flexibility index (Phi) is 6.16. The maximum atomic E-state index is 7.16. The summed E-state index contributed by atoms with van der Waals surface area (Å²) < 4.78 is 26.5. The maximum absolute atomic E-state index is 7.16. The molecule has 0 atom stereocenters. The van der Waals surface area contributed by atoms with Crippen LogP contribution >= 0.6 is 0 Å². The number of hydrogen-bond acceptors (Lipinski definition) is 6. The number of furan rings is 4. The molecular formula is C50H29BN2O4. The monoisotopic (exact) mass is 732 g/mol. The van der Waals surface area contributed by atoms with Gasteiger partial charge in [0.25, 0.3) is 0 Å². The molecule has 0 saturated heterocycles. The van der Waals surface area contributed by atoms with E-state index in [1.807, 2.05) is 12.1 Å². The van der Waals surface area contributed by atoms with Crippen LogP contribution in [-0.4, -0.2) is 6.71 Å². The van der Waals surface area contributed by atoms with Crippen molar-refractivity contribution in [1.82, 2.24) is 0 Å². The Morgan fingerprint density at radius 2 is 0.895 bits per heavy atom. The van der Waals surface area contributed by atoms with E-state index < -0.39 is 0 Å². The average Bonchev–Trinajstić information content (AvgIpc) is 4.09. The molecule has 7 aromatic carbocycles. The van der Waals surface area contributed by atoms with Crippen LogP contribution in [0.2, 0.25) is 0 Å². The topological polar surface area (TPSA) is 59.0 Å². The molecule has 0 N–H and O–H groups in total. The zero-order valence-corrected chi connectivity index (χ0v) is 30.3. The quantitative estimate of drug-likeness (QED) is 0.168. The first kappa shape index (κ1) is 30.7. The van der Waals surface area contributed by atoms with E-state index in [2.05, 4.69) is 161 Å². The van der Waals surface area contributed by atoms with E-state index >= 15 is 0 Å². The summed E-state index contributed by atoms with van der Waals surface area (Å²) in [5.74, 6) is 0.762. The lowest BCUT2D eigenvalue weighted by molar-refractivity contribution is 0.615. The van der Waals surface area contributed by atoms with Gasteiger partial charge < -0.3 is 22.6 Å². The van der Waals surface area contributed by atoms with Crippen LogP contribution in [0, 0.1) is 0 Å². The molecule has 0 radical (unpaired) electrons. The Hall–Kier alpha value is -7.64. The largest absolute Gasteiger partial charge is 0.468 e. The average molecular weight is 733 g/mol. The highest BCUT2D eigenvalue weighted by atomic mass is 16.4. The standard InChI is InChI=1S/C50H29BN2O4/c1-3-12-30(13-4-1)32-22-24-40-36(26-28-54-40)46(32)52-38-18-11-19-39-45(38)51(49-48(52)35-17-8-10-21-43(35)56-49)44-34-16-7-9-20-42(34)57-50(44)53(39)47-33(31-14-5-2-6-15-31)23-25-41-37(47)27-29-55-41/h1-29H. The molecule has 7 heteroatoms. The van der Waals surface area contributed by atoms with E-state index in [1.165, 1.54) is 0 Å². The lowest BCUT2D eigenvalue weighted by Crippen LogP contribution is -2.60. The van der Waals surface area contributed by atoms with Crippen molar-refractivity contribution in [2.75, 3.05) is 9.80 Å². The van der Waals surface area contributed by atoms with Crippen LogP contribution in [0.15, 0.2) is 194 Å². The van der Waals surface area contributed by atoms with Gasteiger partial charge in [-0.3, -0.25) is 4.90 Å². The van der Waals surface area contributed by atoms with Crippen molar-refractivity contribution in [2.24, 2.45) is 0 Å². The number of rotatable bonds is 4. The highest BCUT2D eigenvalue weighted by Gasteiger charge is 2.50. The van der Waals surface area contributed by atoms with E-state index in [4.69, 9.17) is 17.7 Å². The molecule has 0 bridgehead atoms. The molecule has 0 unspecified atom stereocenters. The van der Waals surface area contributed by atoms with Crippen LogP contribution < -0.4 is 26.4 Å². The van der Waals surface area contributed by atoms with Gasteiger partial charge in [0.15, 0.2) is 0 Å². The SMILES string of the molecule is c1ccc(-c2ccc3occc3c2N2c3cccc4c3B(c3oc5ccccc5c3N4c3c(-c4ccccc4)ccc4occc34)c3c2oc2ccccc32)cc1. The molecule has 0 saturated carbocycles. The van der Waals surface area contributed by atoms with E-state index in [-0.39, 0.29) is 6.71 Å². The van der Waals surface area contributed by atoms with E-state index in [1.54, 1.807) is 12.5 Å². The van der Waals surface area contributed by atoms with Gasteiger partial charge >= 0.3 is 6.71 Å². The molecule has 2 aliphatic heterocycles. The Morgan fingerprint density at radius 1 is 0.368 bits per heavy atom. The third kappa shape index (κ3) is 4.15. The number of para-hydroxylation sites is 2. The number of fused-ring (bicyclic) bond motifs is 10. The molecule has 11 aromatic rings. The fraction of sp³-hybridized carbons (Fsp3) is 0. The predicted octanol–water partition coefficient (Wildman–Crippen LogP) is 12.1. The minimum absolute atomic E-state index is 0.280. The molecule has 0 aliphatic carbocycles. The van der Waals surface area contributed by atoms with Gasteiger partial charge in [-0.1, -0.05) is 97.1 Å². The Bertz CT molecular complexity index is 3390.